The summed E-state index contributed by atoms with van der Waals surface area (Å²) in [5.41, 5.74) is 2.22. The fraction of sp³-hybridized carbons (Fsp3) is 0.381. The van der Waals surface area contributed by atoms with Crippen molar-refractivity contribution in [3.63, 3.8) is 0 Å². The summed E-state index contributed by atoms with van der Waals surface area (Å²) >= 11 is 0. The van der Waals surface area contributed by atoms with Crippen LogP contribution < -0.4 is 4.31 Å². The summed E-state index contributed by atoms with van der Waals surface area (Å²) in [5, 5.41) is 0. The predicted molar refractivity (Wildman–Crippen MR) is 109 cm³/mol. The predicted octanol–water partition coefficient (Wildman–Crippen LogP) is 2.21. The number of anilines is 1. The van der Waals surface area contributed by atoms with Gasteiger partial charge in [0.15, 0.2) is 0 Å². The Hall–Kier alpha value is -2.38. The van der Waals surface area contributed by atoms with Gasteiger partial charge in [0.05, 0.1) is 10.6 Å². The lowest BCUT2D eigenvalue weighted by Gasteiger charge is -2.32. The van der Waals surface area contributed by atoms with E-state index in [4.69, 9.17) is 0 Å². The third-order valence-electron chi connectivity index (χ3n) is 5.57. The van der Waals surface area contributed by atoms with E-state index >= 15 is 0 Å². The molecule has 1 fully saturated rings. The minimum absolute atomic E-state index is 0.0212. The van der Waals surface area contributed by atoms with Crippen LogP contribution in [0.4, 0.5) is 5.69 Å². The third-order valence-corrected chi connectivity index (χ3v) is 7.51. The molecule has 0 saturated carbocycles. The maximum atomic E-state index is 13.2. The van der Waals surface area contributed by atoms with Crippen molar-refractivity contribution >= 4 is 21.6 Å². The van der Waals surface area contributed by atoms with Crippen LogP contribution in [0.15, 0.2) is 53.4 Å². The van der Waals surface area contributed by atoms with Gasteiger partial charge in [0.1, 0.15) is 0 Å². The van der Waals surface area contributed by atoms with Crippen LogP contribution in [-0.2, 0) is 16.4 Å². The number of rotatable bonds is 3. The minimum atomic E-state index is -3.63. The minimum Gasteiger partial charge on any atom is -0.336 e. The van der Waals surface area contributed by atoms with E-state index in [9.17, 15) is 13.2 Å². The van der Waals surface area contributed by atoms with E-state index in [1.165, 1.54) is 4.31 Å². The maximum absolute atomic E-state index is 13.2. The molecule has 4 rings (SSSR count). The van der Waals surface area contributed by atoms with Gasteiger partial charge in [-0.05, 0) is 56.3 Å². The Morgan fingerprint density at radius 2 is 1.68 bits per heavy atom. The second-order valence-corrected chi connectivity index (χ2v) is 9.42. The van der Waals surface area contributed by atoms with Gasteiger partial charge in [-0.2, -0.15) is 0 Å². The van der Waals surface area contributed by atoms with Gasteiger partial charge in [0.2, 0.25) is 0 Å². The Kier molecular flexibility index (Phi) is 4.89. The second-order valence-electron chi connectivity index (χ2n) is 7.61. The van der Waals surface area contributed by atoms with Crippen molar-refractivity contribution in [2.24, 2.45) is 0 Å². The van der Waals surface area contributed by atoms with Crippen molar-refractivity contribution in [3.05, 3.63) is 59.7 Å². The molecule has 7 heteroatoms. The Morgan fingerprint density at radius 3 is 2.36 bits per heavy atom. The SMILES string of the molecule is C[C@H]1Cc2cc(C(=O)N3CCN(C)CC3)ccc2N1S(=O)(=O)c1ccccc1. The standard InChI is InChI=1S/C21H25N3O3S/c1-16-14-18-15-17(21(25)23-12-10-22(2)11-13-23)8-9-20(18)24(16)28(26,27)19-6-4-3-5-7-19/h3-9,15-16H,10-14H2,1-2H3/t16-/m0/s1. The lowest BCUT2D eigenvalue weighted by molar-refractivity contribution is 0.0664. The van der Waals surface area contributed by atoms with Crippen LogP contribution >= 0.6 is 0 Å². The van der Waals surface area contributed by atoms with Crippen LogP contribution in [0.3, 0.4) is 0 Å². The molecule has 0 N–H and O–H groups in total. The highest BCUT2D eigenvalue weighted by Crippen LogP contribution is 2.37. The molecule has 1 saturated heterocycles. The molecule has 1 atom stereocenters. The average Bonchev–Trinajstić information content (AvgIpc) is 3.04. The highest BCUT2D eigenvalue weighted by molar-refractivity contribution is 7.92. The second kappa shape index (κ2) is 7.22. The van der Waals surface area contributed by atoms with E-state index in [0.29, 0.717) is 17.7 Å². The lowest BCUT2D eigenvalue weighted by Crippen LogP contribution is -2.47. The molecule has 2 aliphatic heterocycles. The van der Waals surface area contributed by atoms with Gasteiger partial charge in [-0.25, -0.2) is 8.42 Å². The fourth-order valence-electron chi connectivity index (χ4n) is 4.00. The normalized spacial score (nSPS) is 20.3. The number of fused-ring (bicyclic) bond motifs is 1. The van der Waals surface area contributed by atoms with Crippen molar-refractivity contribution < 1.29 is 13.2 Å². The summed E-state index contributed by atoms with van der Waals surface area (Å²) in [5.74, 6) is 0.0212. The molecule has 0 aromatic heterocycles. The number of likely N-dealkylation sites (N-methyl/N-ethyl adjacent to an activating group) is 1. The summed E-state index contributed by atoms with van der Waals surface area (Å²) in [6.45, 7) is 5.09. The smallest absolute Gasteiger partial charge is 0.264 e. The average molecular weight is 400 g/mol. The van der Waals surface area contributed by atoms with Crippen molar-refractivity contribution in [1.82, 2.24) is 9.80 Å². The summed E-state index contributed by atoms with van der Waals surface area (Å²) < 4.78 is 27.8. The zero-order valence-corrected chi connectivity index (χ0v) is 17.0. The van der Waals surface area contributed by atoms with Crippen LogP contribution in [0.25, 0.3) is 0 Å². The zero-order valence-electron chi connectivity index (χ0n) is 16.2. The zero-order chi connectivity index (χ0) is 19.9. The van der Waals surface area contributed by atoms with E-state index in [1.807, 2.05) is 17.9 Å². The van der Waals surface area contributed by atoms with Crippen molar-refractivity contribution in [2.45, 2.75) is 24.3 Å². The van der Waals surface area contributed by atoms with Crippen LogP contribution in [0.1, 0.15) is 22.8 Å². The van der Waals surface area contributed by atoms with Crippen LogP contribution in [0.5, 0.6) is 0 Å². The lowest BCUT2D eigenvalue weighted by atomic mass is 10.1. The van der Waals surface area contributed by atoms with Crippen molar-refractivity contribution in [2.75, 3.05) is 37.5 Å². The fourth-order valence-corrected chi connectivity index (χ4v) is 5.71. The quantitative estimate of drug-likeness (QED) is 0.794. The largest absolute Gasteiger partial charge is 0.336 e. The molecular formula is C21H25N3O3S. The van der Waals surface area contributed by atoms with E-state index in [-0.39, 0.29) is 16.8 Å². The summed E-state index contributed by atoms with van der Waals surface area (Å²) in [6, 6.07) is 13.7. The number of benzene rings is 2. The first kappa shape index (κ1) is 19.0. The molecule has 2 heterocycles. The molecule has 2 aromatic carbocycles. The summed E-state index contributed by atoms with van der Waals surface area (Å²) in [4.78, 5) is 17.2. The van der Waals surface area contributed by atoms with E-state index in [2.05, 4.69) is 11.9 Å². The number of carbonyl (C=O) groups excluding carboxylic acids is 1. The van der Waals surface area contributed by atoms with Crippen LogP contribution in [0.2, 0.25) is 0 Å². The van der Waals surface area contributed by atoms with Crippen molar-refractivity contribution in [3.8, 4) is 0 Å². The molecule has 148 valence electrons. The van der Waals surface area contributed by atoms with E-state index in [0.717, 1.165) is 31.7 Å². The first-order valence-corrected chi connectivity index (χ1v) is 11.0. The first-order valence-electron chi connectivity index (χ1n) is 9.58. The highest BCUT2D eigenvalue weighted by atomic mass is 32.2. The van der Waals surface area contributed by atoms with Gasteiger partial charge in [-0.1, -0.05) is 18.2 Å². The number of amides is 1. The van der Waals surface area contributed by atoms with Gasteiger partial charge in [0.25, 0.3) is 15.9 Å². The molecule has 28 heavy (non-hydrogen) atoms. The maximum Gasteiger partial charge on any atom is 0.264 e. The van der Waals surface area contributed by atoms with Crippen LogP contribution in [0, 0.1) is 0 Å². The molecule has 0 bridgehead atoms. The van der Waals surface area contributed by atoms with Gasteiger partial charge in [0, 0.05) is 37.8 Å². The van der Waals surface area contributed by atoms with Gasteiger partial charge in [-0.15, -0.1) is 0 Å². The number of piperazine rings is 1. The number of sulfonamides is 1. The number of nitrogens with zero attached hydrogens (tertiary/aromatic N) is 3. The molecule has 1 amide bonds. The topological polar surface area (TPSA) is 60.9 Å². The number of hydrogen-bond acceptors (Lipinski definition) is 4. The summed E-state index contributed by atoms with van der Waals surface area (Å²) in [6.07, 6.45) is 0.602. The van der Waals surface area contributed by atoms with E-state index < -0.39 is 10.0 Å². The molecule has 2 aromatic rings. The monoisotopic (exact) mass is 399 g/mol. The molecule has 0 radical (unpaired) electrons. The molecule has 0 spiro atoms. The first-order chi connectivity index (χ1) is 13.4. The van der Waals surface area contributed by atoms with Gasteiger partial charge >= 0.3 is 0 Å². The Morgan fingerprint density at radius 1 is 1.00 bits per heavy atom. The molecule has 6 nitrogen and oxygen atoms in total. The highest BCUT2D eigenvalue weighted by Gasteiger charge is 2.36. The summed E-state index contributed by atoms with van der Waals surface area (Å²) in [7, 11) is -1.57. The molecular weight excluding hydrogens is 374 g/mol. The Bertz CT molecular complexity index is 983. The van der Waals surface area contributed by atoms with E-state index in [1.54, 1.807) is 42.5 Å². The molecule has 0 unspecified atom stereocenters. The number of hydrogen-bond donors (Lipinski definition) is 0. The Balaban J connectivity index is 1.63. The third kappa shape index (κ3) is 3.29. The van der Waals surface area contributed by atoms with Gasteiger partial charge in [-0.3, -0.25) is 9.10 Å². The Labute approximate surface area is 166 Å². The van der Waals surface area contributed by atoms with Crippen LogP contribution in [-0.4, -0.2) is 63.4 Å². The van der Waals surface area contributed by atoms with Gasteiger partial charge < -0.3 is 9.80 Å². The van der Waals surface area contributed by atoms with Crippen molar-refractivity contribution in [1.29, 1.82) is 0 Å². The molecule has 2 aliphatic rings. The molecule has 0 aliphatic carbocycles. The number of carbonyl (C=O) groups is 1.